The smallest absolute Gasteiger partial charge is 0.0319 e. The first-order valence-corrected chi connectivity index (χ1v) is 10.5. The van der Waals surface area contributed by atoms with Gasteiger partial charge in [-0.05, 0) is 11.8 Å². The van der Waals surface area contributed by atoms with Crippen molar-refractivity contribution < 1.29 is 26.0 Å². The van der Waals surface area contributed by atoms with Gasteiger partial charge in [0.25, 0.3) is 0 Å². The SMILES string of the molecule is CC(C)[N]=[Nb].CCC1CC[CH-]CC1.CCC1CC[CH-]CC1.CO. The van der Waals surface area contributed by atoms with Crippen LogP contribution in [0.3, 0.4) is 0 Å². The van der Waals surface area contributed by atoms with E-state index in [0.29, 0.717) is 6.04 Å². The molecular weight excluding hydrogens is 363 g/mol. The third-order valence-corrected chi connectivity index (χ3v) is 5.64. The number of rotatable bonds is 3. The van der Waals surface area contributed by atoms with Gasteiger partial charge in [0.1, 0.15) is 0 Å². The Balaban J connectivity index is 0. The molecule has 0 bridgehead atoms. The van der Waals surface area contributed by atoms with E-state index in [-0.39, 0.29) is 0 Å². The summed E-state index contributed by atoms with van der Waals surface area (Å²) < 4.78 is 3.94. The van der Waals surface area contributed by atoms with E-state index < -0.39 is 0 Å². The molecule has 0 atom stereocenters. The molecule has 139 valence electrons. The molecule has 2 aliphatic carbocycles. The molecule has 0 aromatic heterocycles. The Labute approximate surface area is 159 Å². The molecule has 0 amide bonds. The molecule has 23 heavy (non-hydrogen) atoms. The fourth-order valence-electron chi connectivity index (χ4n) is 2.81. The molecule has 3 heteroatoms. The van der Waals surface area contributed by atoms with Gasteiger partial charge in [-0.25, -0.2) is 0 Å². The zero-order valence-electron chi connectivity index (χ0n) is 16.3. The fourth-order valence-corrected chi connectivity index (χ4v) is 2.81. The Morgan fingerprint density at radius 2 is 1.13 bits per heavy atom. The average Bonchev–Trinajstić information content (AvgIpc) is 2.65. The van der Waals surface area contributed by atoms with E-state index in [2.05, 4.69) is 43.9 Å². The van der Waals surface area contributed by atoms with Crippen molar-refractivity contribution in [2.75, 3.05) is 7.11 Å². The summed E-state index contributed by atoms with van der Waals surface area (Å²) in [4.78, 5) is 0. The van der Waals surface area contributed by atoms with Gasteiger partial charge < -0.3 is 17.9 Å². The Hall–Kier alpha value is 0.500. The average molecular weight is 404 g/mol. The molecule has 0 aromatic rings. The third-order valence-electron chi connectivity index (χ3n) is 4.50. The van der Waals surface area contributed by atoms with Crippen LogP contribution < -0.4 is 0 Å². The maximum Gasteiger partial charge on any atom is 0.0319 e. The summed E-state index contributed by atoms with van der Waals surface area (Å²) in [5, 5.41) is 7.00. The van der Waals surface area contributed by atoms with Gasteiger partial charge in [0.15, 0.2) is 0 Å². The van der Waals surface area contributed by atoms with Crippen LogP contribution in [0, 0.1) is 24.7 Å². The summed E-state index contributed by atoms with van der Waals surface area (Å²) in [6.45, 7) is 8.74. The summed E-state index contributed by atoms with van der Waals surface area (Å²) >= 11 is 1.53. The van der Waals surface area contributed by atoms with Gasteiger partial charge in [0, 0.05) is 7.11 Å². The van der Waals surface area contributed by atoms with Crippen molar-refractivity contribution in [3.05, 3.63) is 12.8 Å². The molecule has 2 saturated carbocycles. The van der Waals surface area contributed by atoms with Gasteiger partial charge in [-0.1, -0.05) is 52.4 Å². The van der Waals surface area contributed by atoms with Crippen LogP contribution in [0.2, 0.25) is 0 Å². The predicted octanol–water partition coefficient (Wildman–Crippen LogP) is 6.32. The van der Waals surface area contributed by atoms with Gasteiger partial charge in [0.2, 0.25) is 0 Å². The normalized spacial score (nSPS) is 18.5. The number of aliphatic hydroxyl groups excluding tert-OH is 1. The Bertz CT molecular complexity index is 204. The second-order valence-corrected chi connectivity index (χ2v) is 7.21. The minimum Gasteiger partial charge on any atom is -0.400 e. The van der Waals surface area contributed by atoms with Crippen molar-refractivity contribution in [3.8, 4) is 0 Å². The summed E-state index contributed by atoms with van der Waals surface area (Å²) in [6, 6.07) is 0.531. The quantitative estimate of drug-likeness (QED) is 0.434. The van der Waals surface area contributed by atoms with Gasteiger partial charge in [-0.15, -0.1) is 0 Å². The molecule has 1 N–H and O–H groups in total. The number of hydrogen-bond acceptors (Lipinski definition) is 2. The van der Waals surface area contributed by atoms with E-state index in [4.69, 9.17) is 5.11 Å². The first kappa shape index (κ1) is 25.7. The standard InChI is InChI=1S/2C8H15.C3H7N.CH4O.Nb/c2*1-2-8-6-4-3-5-7-8;1-3(2)4;1-2;/h2*3,8H,2,4-7H2,1H3;3H,1-2H3;2H,1H3;/q2*-1;;;. The zero-order valence-corrected chi connectivity index (χ0v) is 18.5. The van der Waals surface area contributed by atoms with Crippen LogP contribution in [0.5, 0.6) is 0 Å². The van der Waals surface area contributed by atoms with E-state index in [1.54, 1.807) is 0 Å². The zero-order chi connectivity index (χ0) is 17.9. The molecule has 0 saturated heterocycles. The van der Waals surface area contributed by atoms with E-state index in [9.17, 15) is 0 Å². The van der Waals surface area contributed by atoms with Crippen LogP contribution in [0.15, 0.2) is 3.34 Å². The van der Waals surface area contributed by atoms with Crippen LogP contribution >= 0.6 is 0 Å². The number of nitrogens with zero attached hydrogens (tertiary/aromatic N) is 1. The number of hydrogen-bond donors (Lipinski definition) is 1. The molecule has 0 aliphatic heterocycles. The monoisotopic (exact) mass is 404 g/mol. The van der Waals surface area contributed by atoms with Crippen molar-refractivity contribution >= 4 is 0 Å². The molecule has 2 nitrogen and oxygen atoms in total. The Morgan fingerprint density at radius 3 is 1.26 bits per heavy atom. The number of aliphatic hydroxyl groups is 1. The molecule has 0 aromatic carbocycles. The summed E-state index contributed by atoms with van der Waals surface area (Å²) in [6.07, 6.45) is 19.0. The van der Waals surface area contributed by atoms with Crippen molar-refractivity contribution in [2.45, 2.75) is 97.9 Å². The summed E-state index contributed by atoms with van der Waals surface area (Å²) in [5.74, 6) is 2.11. The third kappa shape index (κ3) is 18.7. The first-order valence-electron chi connectivity index (χ1n) is 9.56. The van der Waals surface area contributed by atoms with Crippen LogP contribution in [0.1, 0.15) is 91.9 Å². The van der Waals surface area contributed by atoms with Gasteiger partial charge in [-0.3, -0.25) is 0 Å². The topological polar surface area (TPSA) is 32.6 Å². The Kier molecular flexibility index (Phi) is 23.0. The van der Waals surface area contributed by atoms with Gasteiger partial charge in [-0.2, -0.15) is 25.7 Å². The van der Waals surface area contributed by atoms with E-state index in [1.807, 2.05) is 0 Å². The van der Waals surface area contributed by atoms with Crippen molar-refractivity contribution in [2.24, 2.45) is 15.2 Å². The van der Waals surface area contributed by atoms with Crippen molar-refractivity contribution in [1.29, 1.82) is 0 Å². The van der Waals surface area contributed by atoms with Crippen LogP contribution in [0.25, 0.3) is 0 Å². The summed E-state index contributed by atoms with van der Waals surface area (Å²) in [5.41, 5.74) is 0. The molecule has 2 rings (SSSR count). The minimum absolute atomic E-state index is 0.531. The first-order chi connectivity index (χ1) is 11.1. The predicted molar refractivity (Wildman–Crippen MR) is 98.8 cm³/mol. The molecule has 0 heterocycles. The minimum atomic E-state index is 0.531. The molecule has 0 spiro atoms. The molecule has 0 unspecified atom stereocenters. The maximum absolute atomic E-state index is 7.00. The molecule has 2 aliphatic rings. The largest absolute Gasteiger partial charge is 0.400 e. The second-order valence-electron chi connectivity index (χ2n) is 6.64. The van der Waals surface area contributed by atoms with E-state index in [1.165, 1.54) is 85.1 Å². The molecule has 2 fully saturated rings. The second kappa shape index (κ2) is 20.5. The van der Waals surface area contributed by atoms with Gasteiger partial charge >= 0.3 is 44.1 Å². The molecule has 0 radical (unpaired) electrons. The van der Waals surface area contributed by atoms with Gasteiger partial charge in [0.05, 0.1) is 0 Å². The van der Waals surface area contributed by atoms with E-state index >= 15 is 0 Å². The van der Waals surface area contributed by atoms with E-state index in [0.717, 1.165) is 18.9 Å². The Morgan fingerprint density at radius 1 is 0.870 bits per heavy atom. The van der Waals surface area contributed by atoms with Crippen molar-refractivity contribution in [3.63, 3.8) is 0 Å². The van der Waals surface area contributed by atoms with Crippen molar-refractivity contribution in [1.82, 2.24) is 0 Å². The van der Waals surface area contributed by atoms with Crippen LogP contribution in [0.4, 0.5) is 0 Å². The van der Waals surface area contributed by atoms with Crippen LogP contribution in [-0.2, 0) is 20.9 Å². The van der Waals surface area contributed by atoms with Crippen LogP contribution in [-0.4, -0.2) is 18.3 Å². The summed E-state index contributed by atoms with van der Waals surface area (Å²) in [7, 11) is 1.00. The fraction of sp³-hybridized carbons (Fsp3) is 0.900. The maximum atomic E-state index is 7.00. The molecular formula is C20H41NNbO-2.